The maximum atomic E-state index is 13.2. The van der Waals surface area contributed by atoms with Crippen LogP contribution in [0.3, 0.4) is 0 Å². The second-order valence-electron chi connectivity index (χ2n) is 10.1. The number of aromatic nitrogens is 2. The summed E-state index contributed by atoms with van der Waals surface area (Å²) in [5.41, 5.74) is 4.03. The summed E-state index contributed by atoms with van der Waals surface area (Å²) in [6.45, 7) is 4.05. The number of hydrogen-bond acceptors (Lipinski definition) is 3. The first-order valence-corrected chi connectivity index (χ1v) is 12.7. The highest BCUT2D eigenvalue weighted by atomic mass is 19.3. The van der Waals surface area contributed by atoms with Gasteiger partial charge in [-0.25, -0.2) is 18.6 Å². The van der Waals surface area contributed by atoms with Gasteiger partial charge in [-0.3, -0.25) is 4.79 Å². The van der Waals surface area contributed by atoms with Crippen LogP contribution in [0, 0.1) is 11.8 Å². The SMILES string of the molecule is CC1CCC(CC(=O)N2CCc3c(n(Cc4cccc(C(F)F)c4)c4ncccc34)C2)CC1.O=C(O)O. The fraction of sp³-hybridized carbons (Fsp3) is 0.464. The average Bonchev–Trinajstić information content (AvgIpc) is 3.18. The van der Waals surface area contributed by atoms with Crippen molar-refractivity contribution in [2.24, 2.45) is 11.8 Å². The highest BCUT2D eigenvalue weighted by molar-refractivity contribution is 5.84. The van der Waals surface area contributed by atoms with Gasteiger partial charge in [0.2, 0.25) is 5.91 Å². The summed E-state index contributed by atoms with van der Waals surface area (Å²) in [5.74, 6) is 1.52. The van der Waals surface area contributed by atoms with Gasteiger partial charge in [-0.1, -0.05) is 38.0 Å². The molecular weight excluding hydrogens is 480 g/mol. The van der Waals surface area contributed by atoms with Crippen molar-refractivity contribution in [2.75, 3.05) is 6.54 Å². The lowest BCUT2D eigenvalue weighted by molar-refractivity contribution is -0.133. The lowest BCUT2D eigenvalue weighted by atomic mass is 9.81. The molecule has 0 saturated heterocycles. The number of amides is 1. The van der Waals surface area contributed by atoms with Crippen molar-refractivity contribution in [2.45, 2.75) is 65.0 Å². The zero-order valence-electron chi connectivity index (χ0n) is 20.9. The number of carbonyl (C=O) groups is 2. The molecule has 198 valence electrons. The minimum absolute atomic E-state index is 0.0318. The van der Waals surface area contributed by atoms with Crippen molar-refractivity contribution in [3.63, 3.8) is 0 Å². The Balaban J connectivity index is 0.000000747. The normalized spacial score (nSPS) is 19.3. The lowest BCUT2D eigenvalue weighted by Gasteiger charge is -2.31. The third-order valence-electron chi connectivity index (χ3n) is 7.51. The summed E-state index contributed by atoms with van der Waals surface area (Å²) in [6.07, 6.45) is 3.63. The number of benzene rings is 1. The van der Waals surface area contributed by atoms with Gasteiger partial charge in [0.15, 0.2) is 0 Å². The molecular formula is C28H33F2N3O4. The van der Waals surface area contributed by atoms with E-state index in [0.717, 1.165) is 54.0 Å². The van der Waals surface area contributed by atoms with Crippen LogP contribution in [-0.2, 0) is 24.3 Å². The fourth-order valence-electron chi connectivity index (χ4n) is 5.56. The van der Waals surface area contributed by atoms with Gasteiger partial charge < -0.3 is 19.7 Å². The summed E-state index contributed by atoms with van der Waals surface area (Å²) in [6, 6.07) is 10.6. The highest BCUT2D eigenvalue weighted by Gasteiger charge is 2.29. The molecule has 0 radical (unpaired) electrons. The Bertz CT molecular complexity index is 1250. The maximum Gasteiger partial charge on any atom is 0.503 e. The lowest BCUT2D eigenvalue weighted by Crippen LogP contribution is -2.37. The van der Waals surface area contributed by atoms with Crippen LogP contribution in [0.4, 0.5) is 13.6 Å². The molecule has 0 unspecified atom stereocenters. The first-order valence-electron chi connectivity index (χ1n) is 12.7. The van der Waals surface area contributed by atoms with Crippen LogP contribution in [0.25, 0.3) is 11.0 Å². The van der Waals surface area contributed by atoms with Crippen LogP contribution in [0.15, 0.2) is 42.6 Å². The first kappa shape index (κ1) is 26.6. The molecule has 37 heavy (non-hydrogen) atoms. The van der Waals surface area contributed by atoms with Crippen molar-refractivity contribution in [3.05, 3.63) is 65.0 Å². The number of halogens is 2. The predicted molar refractivity (Wildman–Crippen MR) is 136 cm³/mol. The number of carbonyl (C=O) groups excluding carboxylic acids is 1. The van der Waals surface area contributed by atoms with Gasteiger partial charge >= 0.3 is 6.16 Å². The van der Waals surface area contributed by atoms with E-state index in [1.165, 1.54) is 24.5 Å². The first-order chi connectivity index (χ1) is 17.7. The van der Waals surface area contributed by atoms with Crippen LogP contribution in [0.5, 0.6) is 0 Å². The molecule has 7 nitrogen and oxygen atoms in total. The highest BCUT2D eigenvalue weighted by Crippen LogP contribution is 2.34. The Labute approximate surface area is 214 Å². The van der Waals surface area contributed by atoms with E-state index >= 15 is 0 Å². The summed E-state index contributed by atoms with van der Waals surface area (Å²) in [4.78, 5) is 28.3. The summed E-state index contributed by atoms with van der Waals surface area (Å²) < 4.78 is 28.6. The zero-order chi connectivity index (χ0) is 26.5. The second-order valence-corrected chi connectivity index (χ2v) is 10.1. The van der Waals surface area contributed by atoms with Crippen LogP contribution in [0.1, 0.15) is 67.8 Å². The van der Waals surface area contributed by atoms with Crippen molar-refractivity contribution < 1.29 is 28.6 Å². The van der Waals surface area contributed by atoms with Gasteiger partial charge in [0.25, 0.3) is 6.43 Å². The van der Waals surface area contributed by atoms with Gasteiger partial charge in [0.05, 0.1) is 6.54 Å². The number of pyridine rings is 1. The minimum Gasteiger partial charge on any atom is -0.450 e. The molecule has 1 fully saturated rings. The second kappa shape index (κ2) is 11.7. The van der Waals surface area contributed by atoms with Crippen molar-refractivity contribution in [1.29, 1.82) is 0 Å². The minimum atomic E-state index is -2.49. The number of rotatable bonds is 5. The van der Waals surface area contributed by atoms with E-state index in [0.29, 0.717) is 25.4 Å². The van der Waals surface area contributed by atoms with E-state index in [4.69, 9.17) is 15.0 Å². The van der Waals surface area contributed by atoms with Gasteiger partial charge in [-0.15, -0.1) is 0 Å². The molecule has 1 aliphatic carbocycles. The molecule has 9 heteroatoms. The van der Waals surface area contributed by atoms with Crippen LogP contribution < -0.4 is 0 Å². The molecule has 1 aliphatic heterocycles. The van der Waals surface area contributed by atoms with E-state index in [-0.39, 0.29) is 11.5 Å². The quantitative estimate of drug-likeness (QED) is 0.415. The van der Waals surface area contributed by atoms with Gasteiger partial charge in [-0.05, 0) is 60.4 Å². The van der Waals surface area contributed by atoms with E-state index in [2.05, 4.69) is 22.5 Å². The molecule has 3 heterocycles. The van der Waals surface area contributed by atoms with Crippen molar-refractivity contribution in [3.8, 4) is 0 Å². The van der Waals surface area contributed by atoms with Crippen LogP contribution >= 0.6 is 0 Å². The molecule has 2 aliphatic rings. The largest absolute Gasteiger partial charge is 0.503 e. The Morgan fingerprint density at radius 3 is 2.54 bits per heavy atom. The van der Waals surface area contributed by atoms with E-state index in [1.807, 2.05) is 17.0 Å². The van der Waals surface area contributed by atoms with Crippen molar-refractivity contribution in [1.82, 2.24) is 14.5 Å². The smallest absolute Gasteiger partial charge is 0.450 e. The van der Waals surface area contributed by atoms with E-state index < -0.39 is 12.6 Å². The maximum absolute atomic E-state index is 13.2. The molecule has 3 aromatic rings. The van der Waals surface area contributed by atoms with Crippen LogP contribution in [-0.4, -0.2) is 43.3 Å². The number of fused-ring (bicyclic) bond motifs is 3. The molecule has 1 aromatic carbocycles. The third kappa shape index (κ3) is 6.45. The molecule has 1 amide bonds. The average molecular weight is 514 g/mol. The molecule has 0 spiro atoms. The third-order valence-corrected chi connectivity index (χ3v) is 7.51. The van der Waals surface area contributed by atoms with Crippen molar-refractivity contribution >= 4 is 23.1 Å². The van der Waals surface area contributed by atoms with Crippen LogP contribution in [0.2, 0.25) is 0 Å². The molecule has 1 saturated carbocycles. The fourth-order valence-corrected chi connectivity index (χ4v) is 5.56. The van der Waals surface area contributed by atoms with E-state index in [9.17, 15) is 13.6 Å². The Morgan fingerprint density at radius 1 is 1.11 bits per heavy atom. The zero-order valence-corrected chi connectivity index (χ0v) is 20.9. The molecule has 5 rings (SSSR count). The summed E-state index contributed by atoms with van der Waals surface area (Å²) in [7, 11) is 0. The van der Waals surface area contributed by atoms with Gasteiger partial charge in [0.1, 0.15) is 5.65 Å². The Morgan fingerprint density at radius 2 is 1.84 bits per heavy atom. The predicted octanol–water partition coefficient (Wildman–Crippen LogP) is 6.35. The number of alkyl halides is 2. The number of nitrogens with zero attached hydrogens (tertiary/aromatic N) is 3. The summed E-state index contributed by atoms with van der Waals surface area (Å²) in [5, 5.41) is 15.0. The van der Waals surface area contributed by atoms with Gasteiger partial charge in [-0.2, -0.15) is 0 Å². The molecule has 2 N–H and O–H groups in total. The Kier molecular flexibility index (Phi) is 8.41. The van der Waals surface area contributed by atoms with Gasteiger partial charge in [0, 0.05) is 42.4 Å². The molecule has 0 atom stereocenters. The molecule has 2 aromatic heterocycles. The molecule has 0 bridgehead atoms. The van der Waals surface area contributed by atoms with E-state index in [1.54, 1.807) is 18.3 Å². The number of carboxylic acid groups (broad SMARTS) is 2. The Hall–Kier alpha value is -3.49. The summed E-state index contributed by atoms with van der Waals surface area (Å²) >= 11 is 0. The monoisotopic (exact) mass is 513 g/mol. The topological polar surface area (TPSA) is 95.7 Å². The standard InChI is InChI=1S/C27H31F2N3O.CH2O3/c1-18-7-9-19(10-8-18)15-25(33)31-13-11-22-23-6-3-12-30-27(23)32(24(22)17-31)16-20-4-2-5-21(14-20)26(28)29;2-1(3)4/h2-6,12,14,18-19,26H,7-11,13,15-17H2,1H3;(H2,2,3,4). The number of hydrogen-bond donors (Lipinski definition) is 2.